The molecule has 2 aromatic carbocycles. The first-order valence-corrected chi connectivity index (χ1v) is 8.80. The molecule has 0 radical (unpaired) electrons. The Labute approximate surface area is 158 Å². The lowest BCUT2D eigenvalue weighted by Crippen LogP contribution is -3.08. The summed E-state index contributed by atoms with van der Waals surface area (Å²) in [6, 6.07) is 11.3. The first kappa shape index (κ1) is 19.6. The minimum absolute atomic E-state index is 0.0323. The summed E-state index contributed by atoms with van der Waals surface area (Å²) in [6.45, 7) is 3.50. The van der Waals surface area contributed by atoms with Gasteiger partial charge >= 0.3 is 0 Å². The second kappa shape index (κ2) is 9.09. The normalized spacial score (nSPS) is 11.9. The second-order valence-corrected chi connectivity index (χ2v) is 6.98. The van der Waals surface area contributed by atoms with Crippen LogP contribution in [0.15, 0.2) is 36.4 Å². The molecule has 0 aliphatic heterocycles. The molecular weight excluding hydrogens is 359 g/mol. The Morgan fingerprint density at radius 1 is 1.16 bits per heavy atom. The Bertz CT molecular complexity index is 750. The molecule has 0 aromatic heterocycles. The zero-order valence-electron chi connectivity index (χ0n) is 14.7. The lowest BCUT2D eigenvalue weighted by atomic mass is 10.1. The van der Waals surface area contributed by atoms with Crippen LogP contribution in [0.5, 0.6) is 5.75 Å². The molecular formula is C19H23Cl2N2O2+. The van der Waals surface area contributed by atoms with Gasteiger partial charge in [-0.2, -0.15) is 0 Å². The Morgan fingerprint density at radius 2 is 1.92 bits per heavy atom. The number of rotatable bonds is 7. The van der Waals surface area contributed by atoms with Crippen LogP contribution in [0.4, 0.5) is 0 Å². The van der Waals surface area contributed by atoms with Crippen molar-refractivity contribution in [3.8, 4) is 5.75 Å². The molecule has 0 heterocycles. The van der Waals surface area contributed by atoms with Gasteiger partial charge in [0.1, 0.15) is 12.3 Å². The van der Waals surface area contributed by atoms with Crippen molar-refractivity contribution in [2.45, 2.75) is 20.0 Å². The summed E-state index contributed by atoms with van der Waals surface area (Å²) in [4.78, 5) is 13.3. The zero-order valence-corrected chi connectivity index (χ0v) is 16.2. The van der Waals surface area contributed by atoms with E-state index in [-0.39, 0.29) is 5.91 Å². The van der Waals surface area contributed by atoms with Crippen molar-refractivity contribution in [2.75, 3.05) is 20.7 Å². The summed E-state index contributed by atoms with van der Waals surface area (Å²) in [5.41, 5.74) is 3.11. The van der Waals surface area contributed by atoms with Crippen molar-refractivity contribution >= 4 is 29.1 Å². The average Bonchev–Trinajstić information content (AvgIpc) is 2.54. The molecule has 1 atom stereocenters. The van der Waals surface area contributed by atoms with Crippen LogP contribution in [-0.2, 0) is 17.9 Å². The highest BCUT2D eigenvalue weighted by Crippen LogP contribution is 2.20. The van der Waals surface area contributed by atoms with Gasteiger partial charge in [0.25, 0.3) is 5.91 Å². The molecule has 0 bridgehead atoms. The Balaban J connectivity index is 1.89. The fourth-order valence-corrected chi connectivity index (χ4v) is 3.10. The lowest BCUT2D eigenvalue weighted by Gasteiger charge is -2.16. The van der Waals surface area contributed by atoms with Gasteiger partial charge in [-0.25, -0.2) is 0 Å². The minimum Gasteiger partial charge on any atom is -0.496 e. The molecule has 4 nitrogen and oxygen atoms in total. The van der Waals surface area contributed by atoms with Crippen LogP contribution < -0.4 is 15.0 Å². The van der Waals surface area contributed by atoms with Crippen molar-refractivity contribution in [1.82, 2.24) is 5.32 Å². The maximum absolute atomic E-state index is 12.2. The fraction of sp³-hybridized carbons (Fsp3) is 0.316. The number of nitrogens with one attached hydrogen (secondary N) is 2. The highest BCUT2D eigenvalue weighted by Gasteiger charge is 2.14. The topological polar surface area (TPSA) is 42.8 Å². The molecule has 25 heavy (non-hydrogen) atoms. The van der Waals surface area contributed by atoms with Crippen molar-refractivity contribution in [3.63, 3.8) is 0 Å². The first-order valence-electron chi connectivity index (χ1n) is 8.04. The molecule has 2 rings (SSSR count). The van der Waals surface area contributed by atoms with Crippen LogP contribution in [0.25, 0.3) is 0 Å². The summed E-state index contributed by atoms with van der Waals surface area (Å²) < 4.78 is 5.40. The number of likely N-dealkylation sites (N-methyl/N-ethyl adjacent to an activating group) is 1. The number of aryl methyl sites for hydroxylation is 1. The smallest absolute Gasteiger partial charge is 0.275 e. The summed E-state index contributed by atoms with van der Waals surface area (Å²) in [5.74, 6) is 0.813. The number of carbonyl (C=O) groups excluding carboxylic acids is 1. The second-order valence-electron chi connectivity index (χ2n) is 6.14. The quantitative estimate of drug-likeness (QED) is 0.773. The van der Waals surface area contributed by atoms with Gasteiger partial charge < -0.3 is 15.0 Å². The van der Waals surface area contributed by atoms with E-state index in [4.69, 9.17) is 27.9 Å². The number of quaternary nitrogens is 1. The summed E-state index contributed by atoms with van der Waals surface area (Å²) in [5, 5.41) is 4.03. The lowest BCUT2D eigenvalue weighted by molar-refractivity contribution is -0.885. The fourth-order valence-electron chi connectivity index (χ4n) is 2.63. The molecule has 0 aliphatic carbocycles. The average molecular weight is 382 g/mol. The van der Waals surface area contributed by atoms with Gasteiger partial charge in [0.15, 0.2) is 6.54 Å². The van der Waals surface area contributed by atoms with Gasteiger partial charge in [-0.1, -0.05) is 40.9 Å². The van der Waals surface area contributed by atoms with E-state index >= 15 is 0 Å². The maximum atomic E-state index is 12.2. The van der Waals surface area contributed by atoms with E-state index in [1.54, 1.807) is 19.2 Å². The summed E-state index contributed by atoms with van der Waals surface area (Å²) in [7, 11) is 3.64. The van der Waals surface area contributed by atoms with Crippen molar-refractivity contribution < 1.29 is 14.4 Å². The standard InChI is InChI=1S/C19H22Cl2N2O2/c1-13-4-7-18(25-3)15(8-13)11-23(2)12-19(24)22-10-14-5-6-16(20)9-17(14)21/h4-9H,10-12H2,1-3H3,(H,22,24)/p+1. The number of carbonyl (C=O) groups is 1. The van der Waals surface area contributed by atoms with Gasteiger partial charge in [0.2, 0.25) is 0 Å². The monoisotopic (exact) mass is 381 g/mol. The minimum atomic E-state index is -0.0323. The van der Waals surface area contributed by atoms with Gasteiger partial charge in [-0.3, -0.25) is 4.79 Å². The van der Waals surface area contributed by atoms with Gasteiger partial charge in [-0.05, 0) is 36.8 Å². The van der Waals surface area contributed by atoms with E-state index < -0.39 is 0 Å². The van der Waals surface area contributed by atoms with Gasteiger partial charge in [-0.15, -0.1) is 0 Å². The third kappa shape index (κ3) is 5.92. The molecule has 134 valence electrons. The summed E-state index contributed by atoms with van der Waals surface area (Å²) in [6.07, 6.45) is 0. The number of methoxy groups -OCH3 is 1. The molecule has 0 saturated heterocycles. The van der Waals surface area contributed by atoms with Crippen LogP contribution in [0.2, 0.25) is 10.0 Å². The molecule has 0 fully saturated rings. The van der Waals surface area contributed by atoms with E-state index in [1.807, 2.05) is 32.2 Å². The van der Waals surface area contributed by atoms with E-state index in [2.05, 4.69) is 11.4 Å². The first-order chi connectivity index (χ1) is 11.9. The highest BCUT2D eigenvalue weighted by atomic mass is 35.5. The van der Waals surface area contributed by atoms with E-state index in [9.17, 15) is 4.79 Å². The molecule has 1 amide bonds. The van der Waals surface area contributed by atoms with Gasteiger partial charge in [0.05, 0.1) is 14.2 Å². The number of halogens is 2. The van der Waals surface area contributed by atoms with Gasteiger partial charge in [0, 0.05) is 22.2 Å². The summed E-state index contributed by atoms with van der Waals surface area (Å²) >= 11 is 12.0. The van der Waals surface area contributed by atoms with Crippen LogP contribution in [0.1, 0.15) is 16.7 Å². The number of hydrogen-bond donors (Lipinski definition) is 2. The molecule has 0 spiro atoms. The molecule has 0 saturated carbocycles. The molecule has 0 aliphatic rings. The SMILES string of the molecule is COc1ccc(C)cc1C[NH+](C)CC(=O)NCc1ccc(Cl)cc1Cl. The number of benzene rings is 2. The maximum Gasteiger partial charge on any atom is 0.275 e. The zero-order chi connectivity index (χ0) is 18.4. The third-order valence-electron chi connectivity index (χ3n) is 3.88. The van der Waals surface area contributed by atoms with E-state index in [0.717, 1.165) is 21.8 Å². The largest absolute Gasteiger partial charge is 0.496 e. The molecule has 1 unspecified atom stereocenters. The van der Waals surface area contributed by atoms with Crippen LogP contribution in [-0.4, -0.2) is 26.6 Å². The van der Waals surface area contributed by atoms with Crippen molar-refractivity contribution in [3.05, 3.63) is 63.1 Å². The highest BCUT2D eigenvalue weighted by molar-refractivity contribution is 6.35. The van der Waals surface area contributed by atoms with Crippen molar-refractivity contribution in [2.24, 2.45) is 0 Å². The predicted octanol–water partition coefficient (Wildman–Crippen LogP) is 2.64. The molecule has 2 N–H and O–H groups in total. The van der Waals surface area contributed by atoms with E-state index in [0.29, 0.717) is 29.7 Å². The molecule has 6 heteroatoms. The van der Waals surface area contributed by atoms with Crippen LogP contribution in [0, 0.1) is 6.92 Å². The number of hydrogen-bond acceptors (Lipinski definition) is 2. The predicted molar refractivity (Wildman–Crippen MR) is 101 cm³/mol. The van der Waals surface area contributed by atoms with Crippen molar-refractivity contribution in [1.29, 1.82) is 0 Å². The Morgan fingerprint density at radius 3 is 2.60 bits per heavy atom. The Kier molecular flexibility index (Phi) is 7.12. The Hall–Kier alpha value is -1.75. The number of ether oxygens (including phenoxy) is 1. The number of amides is 1. The molecule has 2 aromatic rings. The third-order valence-corrected chi connectivity index (χ3v) is 4.47. The van der Waals surface area contributed by atoms with Crippen LogP contribution >= 0.6 is 23.2 Å². The van der Waals surface area contributed by atoms with E-state index in [1.165, 1.54) is 5.56 Å². The van der Waals surface area contributed by atoms with Crippen LogP contribution in [0.3, 0.4) is 0 Å².